The first-order valence-corrected chi connectivity index (χ1v) is 4.45. The molecule has 0 unspecified atom stereocenters. The van der Waals surface area contributed by atoms with Gasteiger partial charge in [0, 0.05) is 5.39 Å². The second-order valence-electron chi connectivity index (χ2n) is 2.93. The van der Waals surface area contributed by atoms with Crippen LogP contribution in [0.4, 0.5) is 4.39 Å². The van der Waals surface area contributed by atoms with Gasteiger partial charge in [-0.25, -0.2) is 14.2 Å². The van der Waals surface area contributed by atoms with Crippen molar-refractivity contribution in [1.82, 2.24) is 4.98 Å². The van der Waals surface area contributed by atoms with Crippen LogP contribution in [0, 0.1) is 5.82 Å². The van der Waals surface area contributed by atoms with Gasteiger partial charge in [-0.3, -0.25) is 0 Å². The molecule has 0 aliphatic carbocycles. The molecule has 5 heteroatoms. The second-order valence-corrected chi connectivity index (χ2v) is 3.34. The molecule has 0 aliphatic heterocycles. The molecule has 3 nitrogen and oxygen atoms in total. The summed E-state index contributed by atoms with van der Waals surface area (Å²) in [7, 11) is 0. The molecular formula is C10H5ClFNO2. The molecule has 0 aliphatic rings. The number of hydrogen-bond donors (Lipinski definition) is 1. The summed E-state index contributed by atoms with van der Waals surface area (Å²) in [5.74, 6) is -1.73. The second kappa shape index (κ2) is 3.47. The molecule has 76 valence electrons. The quantitative estimate of drug-likeness (QED) is 0.812. The van der Waals surface area contributed by atoms with Crippen molar-refractivity contribution in [2.75, 3.05) is 0 Å². The van der Waals surface area contributed by atoms with E-state index in [4.69, 9.17) is 16.7 Å². The smallest absolute Gasteiger partial charge is 0.354 e. The first kappa shape index (κ1) is 9.86. The number of pyridine rings is 1. The summed E-state index contributed by atoms with van der Waals surface area (Å²) in [6.07, 6.45) is 0. The molecule has 0 radical (unpaired) electrons. The predicted octanol–water partition coefficient (Wildman–Crippen LogP) is 2.73. The van der Waals surface area contributed by atoms with E-state index >= 15 is 0 Å². The Balaban J connectivity index is 2.75. The van der Waals surface area contributed by atoms with Gasteiger partial charge in [-0.2, -0.15) is 0 Å². The van der Waals surface area contributed by atoms with Crippen molar-refractivity contribution < 1.29 is 14.3 Å². The van der Waals surface area contributed by atoms with Crippen LogP contribution in [0.2, 0.25) is 5.02 Å². The van der Waals surface area contributed by atoms with Gasteiger partial charge in [-0.1, -0.05) is 11.6 Å². The van der Waals surface area contributed by atoms with Gasteiger partial charge in [0.05, 0.1) is 10.5 Å². The van der Waals surface area contributed by atoms with Crippen LogP contribution in [-0.2, 0) is 0 Å². The molecule has 0 spiro atoms. The van der Waals surface area contributed by atoms with Crippen LogP contribution in [0.25, 0.3) is 10.9 Å². The number of nitrogens with zero attached hydrogens (tertiary/aromatic N) is 1. The molecule has 1 heterocycles. The monoisotopic (exact) mass is 225 g/mol. The Morgan fingerprint density at radius 1 is 1.33 bits per heavy atom. The predicted molar refractivity (Wildman–Crippen MR) is 53.7 cm³/mol. The van der Waals surface area contributed by atoms with Crippen molar-refractivity contribution in [1.29, 1.82) is 0 Å². The molecule has 2 rings (SSSR count). The van der Waals surface area contributed by atoms with Crippen LogP contribution in [0.1, 0.15) is 10.5 Å². The number of aromatic carboxylic acids is 1. The highest BCUT2D eigenvalue weighted by atomic mass is 35.5. The normalized spacial score (nSPS) is 10.5. The van der Waals surface area contributed by atoms with Crippen LogP contribution < -0.4 is 0 Å². The highest BCUT2D eigenvalue weighted by Crippen LogP contribution is 2.23. The van der Waals surface area contributed by atoms with E-state index in [1.165, 1.54) is 24.3 Å². The van der Waals surface area contributed by atoms with Gasteiger partial charge >= 0.3 is 5.97 Å². The number of halogens is 2. The maximum absolute atomic E-state index is 13.4. The van der Waals surface area contributed by atoms with Gasteiger partial charge in [0.1, 0.15) is 5.69 Å². The fraction of sp³-hybridized carbons (Fsp3) is 0. The van der Waals surface area contributed by atoms with Gasteiger partial charge < -0.3 is 5.11 Å². The molecule has 0 bridgehead atoms. The van der Waals surface area contributed by atoms with Gasteiger partial charge in [0.2, 0.25) is 0 Å². The molecule has 0 atom stereocenters. The molecule has 0 saturated heterocycles. The lowest BCUT2D eigenvalue weighted by Gasteiger charge is -2.01. The van der Waals surface area contributed by atoms with E-state index in [-0.39, 0.29) is 21.6 Å². The van der Waals surface area contributed by atoms with Gasteiger partial charge in [0.25, 0.3) is 0 Å². The topological polar surface area (TPSA) is 50.2 Å². The van der Waals surface area contributed by atoms with Crippen LogP contribution in [-0.4, -0.2) is 16.1 Å². The van der Waals surface area contributed by atoms with Crippen LogP contribution in [0.15, 0.2) is 24.3 Å². The summed E-state index contributed by atoms with van der Waals surface area (Å²) >= 11 is 5.57. The van der Waals surface area contributed by atoms with E-state index in [0.29, 0.717) is 0 Å². The summed E-state index contributed by atoms with van der Waals surface area (Å²) in [4.78, 5) is 14.4. The Labute approximate surface area is 89.1 Å². The molecule has 1 aromatic heterocycles. The molecule has 0 amide bonds. The van der Waals surface area contributed by atoms with E-state index in [1.54, 1.807) is 0 Å². The van der Waals surface area contributed by atoms with Gasteiger partial charge in [0.15, 0.2) is 5.82 Å². The first-order valence-electron chi connectivity index (χ1n) is 4.07. The highest BCUT2D eigenvalue weighted by Gasteiger charge is 2.09. The lowest BCUT2D eigenvalue weighted by molar-refractivity contribution is 0.0691. The summed E-state index contributed by atoms with van der Waals surface area (Å²) in [5, 5.41) is 8.89. The summed E-state index contributed by atoms with van der Waals surface area (Å²) < 4.78 is 13.4. The molecule has 1 aromatic carbocycles. The van der Waals surface area contributed by atoms with E-state index in [0.717, 1.165) is 0 Å². The van der Waals surface area contributed by atoms with E-state index in [2.05, 4.69) is 4.98 Å². The lowest BCUT2D eigenvalue weighted by atomic mass is 10.2. The van der Waals surface area contributed by atoms with E-state index in [1.807, 2.05) is 0 Å². The van der Waals surface area contributed by atoms with Crippen molar-refractivity contribution in [2.24, 2.45) is 0 Å². The molecular weight excluding hydrogens is 221 g/mol. The number of aromatic nitrogens is 1. The third-order valence-corrected chi connectivity index (χ3v) is 2.27. The van der Waals surface area contributed by atoms with Gasteiger partial charge in [-0.15, -0.1) is 0 Å². The maximum Gasteiger partial charge on any atom is 0.354 e. The Bertz CT molecular complexity index is 556. The van der Waals surface area contributed by atoms with Crippen molar-refractivity contribution in [3.8, 4) is 0 Å². The number of carboxylic acids is 1. The van der Waals surface area contributed by atoms with Gasteiger partial charge in [-0.05, 0) is 24.3 Å². The van der Waals surface area contributed by atoms with E-state index < -0.39 is 11.8 Å². The van der Waals surface area contributed by atoms with Crippen molar-refractivity contribution in [3.63, 3.8) is 0 Å². The number of carbonyl (C=O) groups is 1. The lowest BCUT2D eigenvalue weighted by Crippen LogP contribution is -2.00. The Kier molecular flexibility index (Phi) is 2.28. The van der Waals surface area contributed by atoms with Crippen molar-refractivity contribution in [2.45, 2.75) is 0 Å². The average Bonchev–Trinajstić information content (AvgIpc) is 2.23. The SMILES string of the molecule is O=C(O)c1ccc2c(F)c(Cl)ccc2n1. The standard InChI is InChI=1S/C10H5ClFNO2/c11-6-2-4-7-5(9(6)12)1-3-8(13-7)10(14)15/h1-4H,(H,14,15). The zero-order chi connectivity index (χ0) is 11.0. The average molecular weight is 226 g/mol. The summed E-state index contributed by atoms with van der Waals surface area (Å²) in [6.45, 7) is 0. The van der Waals surface area contributed by atoms with E-state index in [9.17, 15) is 9.18 Å². The molecule has 15 heavy (non-hydrogen) atoms. The fourth-order valence-electron chi connectivity index (χ4n) is 1.26. The Hall–Kier alpha value is -1.68. The molecule has 2 aromatic rings. The minimum atomic E-state index is -1.15. The molecule has 1 N–H and O–H groups in total. The largest absolute Gasteiger partial charge is 0.477 e. The summed E-state index contributed by atoms with van der Waals surface area (Å²) in [6, 6.07) is 5.42. The first-order chi connectivity index (χ1) is 7.09. The maximum atomic E-state index is 13.4. The molecule has 0 saturated carbocycles. The number of fused-ring (bicyclic) bond motifs is 1. The van der Waals surface area contributed by atoms with Crippen molar-refractivity contribution in [3.05, 3.63) is 40.8 Å². The third kappa shape index (κ3) is 1.64. The van der Waals surface area contributed by atoms with Crippen molar-refractivity contribution >= 4 is 28.5 Å². The molecule has 0 fully saturated rings. The summed E-state index contributed by atoms with van der Waals surface area (Å²) in [5.41, 5.74) is 0.154. The Morgan fingerprint density at radius 2 is 2.07 bits per heavy atom. The third-order valence-electron chi connectivity index (χ3n) is 1.98. The number of carboxylic acid groups (broad SMARTS) is 1. The minimum Gasteiger partial charge on any atom is -0.477 e. The zero-order valence-electron chi connectivity index (χ0n) is 7.37. The minimum absolute atomic E-state index is 0.00706. The zero-order valence-corrected chi connectivity index (χ0v) is 8.12. The van der Waals surface area contributed by atoms with Crippen LogP contribution >= 0.6 is 11.6 Å². The number of benzene rings is 1. The van der Waals surface area contributed by atoms with Crippen LogP contribution in [0.5, 0.6) is 0 Å². The highest BCUT2D eigenvalue weighted by molar-refractivity contribution is 6.31. The fourth-order valence-corrected chi connectivity index (χ4v) is 1.43. The number of rotatable bonds is 1. The van der Waals surface area contributed by atoms with Crippen LogP contribution in [0.3, 0.4) is 0 Å². The number of hydrogen-bond acceptors (Lipinski definition) is 2. The Morgan fingerprint density at radius 3 is 2.73 bits per heavy atom.